The molecule has 1 unspecified atom stereocenters. The van der Waals surface area contributed by atoms with E-state index in [1.807, 2.05) is 0 Å². The maximum atomic E-state index is 12.3. The van der Waals surface area contributed by atoms with Crippen LogP contribution in [0.15, 0.2) is 18.2 Å². The van der Waals surface area contributed by atoms with E-state index in [1.54, 1.807) is 0 Å². The van der Waals surface area contributed by atoms with Crippen molar-refractivity contribution in [2.75, 3.05) is 32.1 Å². The van der Waals surface area contributed by atoms with Gasteiger partial charge in [-0.2, -0.15) is 0 Å². The standard InChI is InChI=1S/C12H16N2O4/c13-11-2-1-9(16)5-10(11)12(17)14-3-4-18-7-8(14)6-15/h1-2,5,8,15-16H,3-4,6-7,13H2. The fraction of sp³-hybridized carbons (Fsp3) is 0.417. The third kappa shape index (κ3) is 2.39. The van der Waals surface area contributed by atoms with Crippen LogP contribution in [0.3, 0.4) is 0 Å². The van der Waals surface area contributed by atoms with Crippen LogP contribution < -0.4 is 5.73 Å². The van der Waals surface area contributed by atoms with E-state index >= 15 is 0 Å². The minimum absolute atomic E-state index is 0.0126. The molecule has 18 heavy (non-hydrogen) atoms. The minimum atomic E-state index is -0.368. The minimum Gasteiger partial charge on any atom is -0.508 e. The van der Waals surface area contributed by atoms with E-state index in [0.717, 1.165) is 0 Å². The van der Waals surface area contributed by atoms with Crippen LogP contribution in [0.4, 0.5) is 5.69 Å². The van der Waals surface area contributed by atoms with Crippen molar-refractivity contribution >= 4 is 11.6 Å². The van der Waals surface area contributed by atoms with Gasteiger partial charge < -0.3 is 25.6 Å². The summed E-state index contributed by atoms with van der Waals surface area (Å²) in [6.07, 6.45) is 0. The van der Waals surface area contributed by atoms with Crippen molar-refractivity contribution in [1.29, 1.82) is 0 Å². The van der Waals surface area contributed by atoms with Gasteiger partial charge in [0.05, 0.1) is 31.4 Å². The number of morpholine rings is 1. The molecule has 0 radical (unpaired) electrons. The second-order valence-corrected chi connectivity index (χ2v) is 4.18. The molecule has 1 saturated heterocycles. The first-order chi connectivity index (χ1) is 8.63. The number of ether oxygens (including phenoxy) is 1. The first-order valence-electron chi connectivity index (χ1n) is 5.71. The topological polar surface area (TPSA) is 96.0 Å². The summed E-state index contributed by atoms with van der Waals surface area (Å²) in [6, 6.07) is 3.88. The first-order valence-corrected chi connectivity index (χ1v) is 5.71. The Bertz CT molecular complexity index is 450. The molecule has 1 heterocycles. The molecule has 0 aliphatic carbocycles. The molecule has 6 heteroatoms. The number of nitrogens with zero attached hydrogens (tertiary/aromatic N) is 1. The van der Waals surface area contributed by atoms with E-state index in [4.69, 9.17) is 10.5 Å². The highest BCUT2D eigenvalue weighted by Crippen LogP contribution is 2.21. The summed E-state index contributed by atoms with van der Waals surface area (Å²) in [4.78, 5) is 13.8. The van der Waals surface area contributed by atoms with Gasteiger partial charge in [-0.15, -0.1) is 0 Å². The molecule has 98 valence electrons. The number of rotatable bonds is 2. The maximum Gasteiger partial charge on any atom is 0.256 e. The highest BCUT2D eigenvalue weighted by Gasteiger charge is 2.28. The van der Waals surface area contributed by atoms with Crippen LogP contribution in [0.2, 0.25) is 0 Å². The number of aliphatic hydroxyl groups excluding tert-OH is 1. The zero-order valence-electron chi connectivity index (χ0n) is 9.87. The van der Waals surface area contributed by atoms with E-state index in [-0.39, 0.29) is 29.9 Å². The Morgan fingerprint density at radius 1 is 1.56 bits per heavy atom. The van der Waals surface area contributed by atoms with Gasteiger partial charge in [0.15, 0.2) is 0 Å². The van der Waals surface area contributed by atoms with Crippen molar-refractivity contribution in [3.8, 4) is 5.75 Å². The Balaban J connectivity index is 2.26. The third-order valence-corrected chi connectivity index (χ3v) is 2.97. The van der Waals surface area contributed by atoms with Crippen LogP contribution in [0, 0.1) is 0 Å². The first kappa shape index (κ1) is 12.7. The van der Waals surface area contributed by atoms with Gasteiger partial charge in [-0.1, -0.05) is 0 Å². The average molecular weight is 252 g/mol. The largest absolute Gasteiger partial charge is 0.508 e. The number of nitrogen functional groups attached to an aromatic ring is 1. The molecule has 2 rings (SSSR count). The molecule has 1 fully saturated rings. The van der Waals surface area contributed by atoms with Crippen LogP contribution in [-0.4, -0.2) is 53.4 Å². The summed E-state index contributed by atoms with van der Waals surface area (Å²) in [5, 5.41) is 18.6. The zero-order valence-corrected chi connectivity index (χ0v) is 9.87. The van der Waals surface area contributed by atoms with E-state index < -0.39 is 0 Å². The number of anilines is 1. The average Bonchev–Trinajstić information content (AvgIpc) is 2.40. The van der Waals surface area contributed by atoms with Crippen molar-refractivity contribution in [2.24, 2.45) is 0 Å². The van der Waals surface area contributed by atoms with Crippen molar-refractivity contribution in [3.63, 3.8) is 0 Å². The number of amides is 1. The van der Waals surface area contributed by atoms with Gasteiger partial charge in [0.2, 0.25) is 0 Å². The maximum absolute atomic E-state index is 12.3. The van der Waals surface area contributed by atoms with Crippen LogP contribution in [-0.2, 0) is 4.74 Å². The Morgan fingerprint density at radius 2 is 2.33 bits per heavy atom. The Hall–Kier alpha value is -1.79. The summed E-state index contributed by atoms with van der Waals surface area (Å²) < 4.78 is 5.21. The summed E-state index contributed by atoms with van der Waals surface area (Å²) >= 11 is 0. The van der Waals surface area contributed by atoms with Crippen molar-refractivity contribution < 1.29 is 19.7 Å². The fourth-order valence-corrected chi connectivity index (χ4v) is 1.96. The molecule has 1 aliphatic rings. The van der Waals surface area contributed by atoms with E-state index in [1.165, 1.54) is 23.1 Å². The Kier molecular flexibility index (Phi) is 3.69. The number of carbonyl (C=O) groups excluding carboxylic acids is 1. The normalized spacial score (nSPS) is 19.8. The lowest BCUT2D eigenvalue weighted by atomic mass is 10.1. The highest BCUT2D eigenvalue weighted by molar-refractivity contribution is 5.99. The van der Waals surface area contributed by atoms with E-state index in [9.17, 15) is 15.0 Å². The van der Waals surface area contributed by atoms with Gasteiger partial charge in [0.1, 0.15) is 5.75 Å². The number of phenolic OH excluding ortho intramolecular Hbond substituents is 1. The summed E-state index contributed by atoms with van der Waals surface area (Å²) in [7, 11) is 0. The van der Waals surface area contributed by atoms with Gasteiger partial charge in [-0.3, -0.25) is 4.79 Å². The summed E-state index contributed by atoms with van der Waals surface area (Å²) in [5.74, 6) is -0.313. The van der Waals surface area contributed by atoms with E-state index in [2.05, 4.69) is 0 Å². The number of hydrogen-bond donors (Lipinski definition) is 3. The number of hydrogen-bond acceptors (Lipinski definition) is 5. The van der Waals surface area contributed by atoms with Gasteiger partial charge in [-0.05, 0) is 18.2 Å². The highest BCUT2D eigenvalue weighted by atomic mass is 16.5. The number of phenols is 1. The van der Waals surface area contributed by atoms with Crippen molar-refractivity contribution in [1.82, 2.24) is 4.90 Å². The number of carbonyl (C=O) groups is 1. The van der Waals surface area contributed by atoms with Crippen LogP contribution in [0.25, 0.3) is 0 Å². The predicted octanol–water partition coefficient (Wildman–Crippen LogP) is -0.192. The number of nitrogens with two attached hydrogens (primary N) is 1. The van der Waals surface area contributed by atoms with Crippen LogP contribution >= 0.6 is 0 Å². The second kappa shape index (κ2) is 5.24. The van der Waals surface area contributed by atoms with Crippen LogP contribution in [0.1, 0.15) is 10.4 Å². The lowest BCUT2D eigenvalue weighted by Gasteiger charge is -2.34. The number of aromatic hydroxyl groups is 1. The van der Waals surface area contributed by atoms with Gasteiger partial charge >= 0.3 is 0 Å². The fourth-order valence-electron chi connectivity index (χ4n) is 1.96. The molecule has 0 spiro atoms. The quantitative estimate of drug-likeness (QED) is 0.500. The molecular weight excluding hydrogens is 236 g/mol. The van der Waals surface area contributed by atoms with Gasteiger partial charge in [0.25, 0.3) is 5.91 Å². The molecule has 0 aromatic heterocycles. The molecule has 1 aromatic carbocycles. The Morgan fingerprint density at radius 3 is 3.06 bits per heavy atom. The molecular formula is C12H16N2O4. The van der Waals surface area contributed by atoms with Crippen LogP contribution in [0.5, 0.6) is 5.75 Å². The molecule has 1 aromatic rings. The molecule has 1 atom stereocenters. The smallest absolute Gasteiger partial charge is 0.256 e. The number of aliphatic hydroxyl groups is 1. The van der Waals surface area contributed by atoms with Gasteiger partial charge in [0, 0.05) is 12.2 Å². The predicted molar refractivity (Wildman–Crippen MR) is 65.2 cm³/mol. The lowest BCUT2D eigenvalue weighted by molar-refractivity contribution is -0.0183. The monoisotopic (exact) mass is 252 g/mol. The molecule has 0 bridgehead atoms. The Labute approximate surface area is 105 Å². The third-order valence-electron chi connectivity index (χ3n) is 2.97. The molecule has 4 N–H and O–H groups in total. The summed E-state index contributed by atoms with van der Waals surface area (Å²) in [6.45, 7) is 0.978. The van der Waals surface area contributed by atoms with Crippen molar-refractivity contribution in [3.05, 3.63) is 23.8 Å². The molecule has 1 amide bonds. The number of benzene rings is 1. The van der Waals surface area contributed by atoms with Crippen molar-refractivity contribution in [2.45, 2.75) is 6.04 Å². The van der Waals surface area contributed by atoms with Gasteiger partial charge in [-0.25, -0.2) is 0 Å². The SMILES string of the molecule is Nc1ccc(O)cc1C(=O)N1CCOCC1CO. The second-order valence-electron chi connectivity index (χ2n) is 4.18. The van der Waals surface area contributed by atoms with E-state index in [0.29, 0.717) is 25.4 Å². The lowest BCUT2D eigenvalue weighted by Crippen LogP contribution is -2.50. The molecule has 1 aliphatic heterocycles. The summed E-state index contributed by atoms with van der Waals surface area (Å²) in [5.41, 5.74) is 6.28. The zero-order chi connectivity index (χ0) is 13.1. The molecule has 6 nitrogen and oxygen atoms in total. The molecule has 0 saturated carbocycles.